The van der Waals surface area contributed by atoms with E-state index in [1.165, 1.54) is 11.9 Å². The van der Waals surface area contributed by atoms with Crippen molar-refractivity contribution >= 4 is 29.2 Å². The van der Waals surface area contributed by atoms with Crippen LogP contribution in [-0.4, -0.2) is 49.9 Å². The minimum absolute atomic E-state index is 0.142. The van der Waals surface area contributed by atoms with Crippen LogP contribution in [0.4, 0.5) is 11.4 Å². The number of hydrogen-bond donors (Lipinski definition) is 2. The molecule has 0 bridgehead atoms. The van der Waals surface area contributed by atoms with Crippen molar-refractivity contribution in [2.75, 3.05) is 37.9 Å². The van der Waals surface area contributed by atoms with Gasteiger partial charge in [-0.2, -0.15) is 0 Å². The van der Waals surface area contributed by atoms with E-state index in [2.05, 4.69) is 10.6 Å². The summed E-state index contributed by atoms with van der Waals surface area (Å²) in [6, 6.07) is 12.6. The van der Waals surface area contributed by atoms with Crippen molar-refractivity contribution in [3.05, 3.63) is 59.2 Å². The number of nitrogens with zero attached hydrogens (tertiary/aromatic N) is 1. The largest absolute Gasteiger partial charge is 0.452 e. The second kappa shape index (κ2) is 9.55. The number of nitrogens with one attached hydrogen (secondary N) is 2. The molecule has 2 aromatic carbocycles. The SMILES string of the molecule is CNc1ccccc1C(=O)OCC(=O)N(C)CC(=O)Nc1cc(C)ccc1C. The van der Waals surface area contributed by atoms with Gasteiger partial charge in [0, 0.05) is 25.5 Å². The standard InChI is InChI=1S/C21H25N3O4/c1-14-9-10-15(2)18(11-14)23-19(25)12-24(4)20(26)13-28-21(27)16-7-5-6-8-17(16)22-3/h5-11,22H,12-13H2,1-4H3,(H,23,25). The molecule has 7 nitrogen and oxygen atoms in total. The fraction of sp³-hybridized carbons (Fsp3) is 0.286. The summed E-state index contributed by atoms with van der Waals surface area (Å²) in [6.45, 7) is 3.25. The molecule has 0 aliphatic rings. The number of amides is 2. The van der Waals surface area contributed by atoms with Gasteiger partial charge in [-0.3, -0.25) is 9.59 Å². The molecule has 0 aliphatic heterocycles. The number of benzene rings is 2. The van der Waals surface area contributed by atoms with Gasteiger partial charge in [0.15, 0.2) is 6.61 Å². The Hall–Kier alpha value is -3.35. The van der Waals surface area contributed by atoms with Crippen molar-refractivity contribution in [2.24, 2.45) is 0 Å². The van der Waals surface area contributed by atoms with Crippen LogP contribution in [0.25, 0.3) is 0 Å². The van der Waals surface area contributed by atoms with Gasteiger partial charge in [0.05, 0.1) is 12.1 Å². The summed E-state index contributed by atoms with van der Waals surface area (Å²) in [5, 5.41) is 5.69. The number of carbonyl (C=O) groups is 3. The molecule has 7 heteroatoms. The first-order chi connectivity index (χ1) is 13.3. The molecule has 0 heterocycles. The second-order valence-electron chi connectivity index (χ2n) is 6.49. The third-order valence-corrected chi connectivity index (χ3v) is 4.22. The topological polar surface area (TPSA) is 87.7 Å². The number of hydrogen-bond acceptors (Lipinski definition) is 5. The number of carbonyl (C=O) groups excluding carboxylic acids is 3. The summed E-state index contributed by atoms with van der Waals surface area (Å²) in [7, 11) is 3.18. The summed E-state index contributed by atoms with van der Waals surface area (Å²) < 4.78 is 5.09. The Morgan fingerprint density at radius 2 is 1.75 bits per heavy atom. The van der Waals surface area contributed by atoms with Crippen molar-refractivity contribution in [2.45, 2.75) is 13.8 Å². The molecule has 0 atom stereocenters. The lowest BCUT2D eigenvalue weighted by atomic mass is 10.1. The Balaban J connectivity index is 1.87. The normalized spacial score (nSPS) is 10.1. The van der Waals surface area contributed by atoms with E-state index in [0.29, 0.717) is 16.9 Å². The van der Waals surface area contributed by atoms with Crippen LogP contribution in [0.5, 0.6) is 0 Å². The van der Waals surface area contributed by atoms with E-state index >= 15 is 0 Å². The quantitative estimate of drug-likeness (QED) is 0.718. The maximum atomic E-state index is 12.2. The third kappa shape index (κ3) is 5.57. The van der Waals surface area contributed by atoms with Gasteiger partial charge in [-0.1, -0.05) is 24.3 Å². The van der Waals surface area contributed by atoms with E-state index in [1.807, 2.05) is 32.0 Å². The number of para-hydroxylation sites is 1. The average molecular weight is 383 g/mol. The summed E-state index contributed by atoms with van der Waals surface area (Å²) >= 11 is 0. The highest BCUT2D eigenvalue weighted by Gasteiger charge is 2.17. The Kier molecular flexibility index (Phi) is 7.14. The lowest BCUT2D eigenvalue weighted by molar-refractivity contribution is -0.136. The van der Waals surface area contributed by atoms with Crippen LogP contribution in [0.2, 0.25) is 0 Å². The lowest BCUT2D eigenvalue weighted by Crippen LogP contribution is -2.37. The highest BCUT2D eigenvalue weighted by molar-refractivity contribution is 5.98. The Morgan fingerprint density at radius 1 is 1.04 bits per heavy atom. The number of rotatable bonds is 7. The van der Waals surface area contributed by atoms with Crippen LogP contribution in [0.15, 0.2) is 42.5 Å². The van der Waals surface area contributed by atoms with Gasteiger partial charge in [0.25, 0.3) is 5.91 Å². The van der Waals surface area contributed by atoms with Crippen LogP contribution in [-0.2, 0) is 14.3 Å². The molecule has 0 spiro atoms. The number of anilines is 2. The van der Waals surface area contributed by atoms with Gasteiger partial charge < -0.3 is 20.3 Å². The zero-order valence-electron chi connectivity index (χ0n) is 16.5. The van der Waals surface area contributed by atoms with Crippen LogP contribution in [0.3, 0.4) is 0 Å². The summed E-state index contributed by atoms with van der Waals surface area (Å²) in [5.41, 5.74) is 3.62. The summed E-state index contributed by atoms with van der Waals surface area (Å²) in [4.78, 5) is 37.8. The number of ether oxygens (including phenoxy) is 1. The molecule has 0 saturated carbocycles. The molecular weight excluding hydrogens is 358 g/mol. The number of esters is 1. The highest BCUT2D eigenvalue weighted by Crippen LogP contribution is 2.17. The predicted molar refractivity (Wildman–Crippen MR) is 108 cm³/mol. The molecule has 148 valence electrons. The van der Waals surface area contributed by atoms with Crippen molar-refractivity contribution in [1.29, 1.82) is 0 Å². The molecule has 28 heavy (non-hydrogen) atoms. The lowest BCUT2D eigenvalue weighted by Gasteiger charge is -2.17. The minimum atomic E-state index is -0.605. The predicted octanol–water partition coefficient (Wildman–Crippen LogP) is 2.60. The first kappa shape index (κ1) is 21.0. The minimum Gasteiger partial charge on any atom is -0.452 e. The van der Waals surface area contributed by atoms with Gasteiger partial charge in [0.1, 0.15) is 0 Å². The van der Waals surface area contributed by atoms with E-state index in [0.717, 1.165) is 11.1 Å². The molecule has 0 radical (unpaired) electrons. The second-order valence-corrected chi connectivity index (χ2v) is 6.49. The molecule has 2 rings (SSSR count). The van der Waals surface area contributed by atoms with E-state index in [-0.39, 0.29) is 12.5 Å². The van der Waals surface area contributed by atoms with Gasteiger partial charge in [-0.25, -0.2) is 4.79 Å². The molecule has 2 N–H and O–H groups in total. The molecule has 2 amide bonds. The molecular formula is C21H25N3O4. The molecule has 0 unspecified atom stereocenters. The average Bonchev–Trinajstić information content (AvgIpc) is 2.68. The highest BCUT2D eigenvalue weighted by atomic mass is 16.5. The first-order valence-corrected chi connectivity index (χ1v) is 8.86. The molecule has 2 aromatic rings. The smallest absolute Gasteiger partial charge is 0.340 e. The van der Waals surface area contributed by atoms with E-state index < -0.39 is 18.5 Å². The summed E-state index contributed by atoms with van der Waals surface area (Å²) in [6.07, 6.45) is 0. The van der Waals surface area contributed by atoms with Crippen molar-refractivity contribution in [3.8, 4) is 0 Å². The van der Waals surface area contributed by atoms with Gasteiger partial charge >= 0.3 is 5.97 Å². The maximum Gasteiger partial charge on any atom is 0.340 e. The molecule has 0 aliphatic carbocycles. The van der Waals surface area contributed by atoms with Crippen LogP contribution in [0, 0.1) is 13.8 Å². The molecule has 0 saturated heterocycles. The Morgan fingerprint density at radius 3 is 2.46 bits per heavy atom. The van der Waals surface area contributed by atoms with Crippen LogP contribution < -0.4 is 10.6 Å². The van der Waals surface area contributed by atoms with Crippen molar-refractivity contribution in [3.63, 3.8) is 0 Å². The van der Waals surface area contributed by atoms with Gasteiger partial charge in [0.2, 0.25) is 5.91 Å². The van der Waals surface area contributed by atoms with Crippen molar-refractivity contribution in [1.82, 2.24) is 4.90 Å². The third-order valence-electron chi connectivity index (χ3n) is 4.22. The number of aryl methyl sites for hydroxylation is 2. The number of likely N-dealkylation sites (N-methyl/N-ethyl adjacent to an activating group) is 1. The molecule has 0 fully saturated rings. The van der Waals surface area contributed by atoms with Gasteiger partial charge in [-0.05, 0) is 43.2 Å². The zero-order chi connectivity index (χ0) is 20.7. The van der Waals surface area contributed by atoms with Crippen LogP contribution >= 0.6 is 0 Å². The zero-order valence-corrected chi connectivity index (χ0v) is 16.5. The monoisotopic (exact) mass is 383 g/mol. The van der Waals surface area contributed by atoms with E-state index in [1.54, 1.807) is 31.3 Å². The van der Waals surface area contributed by atoms with E-state index in [4.69, 9.17) is 4.74 Å². The van der Waals surface area contributed by atoms with Crippen molar-refractivity contribution < 1.29 is 19.1 Å². The first-order valence-electron chi connectivity index (χ1n) is 8.86. The van der Waals surface area contributed by atoms with Gasteiger partial charge in [-0.15, -0.1) is 0 Å². The Labute approximate surface area is 164 Å². The Bertz CT molecular complexity index is 880. The maximum absolute atomic E-state index is 12.2. The van der Waals surface area contributed by atoms with Crippen LogP contribution in [0.1, 0.15) is 21.5 Å². The fourth-order valence-corrected chi connectivity index (χ4v) is 2.56. The molecule has 0 aromatic heterocycles. The fourth-order valence-electron chi connectivity index (χ4n) is 2.56. The van der Waals surface area contributed by atoms with E-state index in [9.17, 15) is 14.4 Å². The summed E-state index contributed by atoms with van der Waals surface area (Å²) in [5.74, 6) is -1.39.